The molecule has 0 fully saturated rings. The molecule has 0 aliphatic heterocycles. The van der Waals surface area contributed by atoms with Crippen molar-refractivity contribution < 1.29 is 35.7 Å². The molecule has 0 radical (unpaired) electrons. The molecule has 0 atom stereocenters. The maximum atomic E-state index is 9.76. The summed E-state index contributed by atoms with van der Waals surface area (Å²) in [6.07, 6.45) is 2.08. The fourth-order valence-electron chi connectivity index (χ4n) is 0.328. The van der Waals surface area contributed by atoms with Crippen molar-refractivity contribution in [3.63, 3.8) is 0 Å². The van der Waals surface area contributed by atoms with Crippen molar-refractivity contribution in [1.29, 1.82) is 0 Å². The molecule has 0 aromatic carbocycles. The number of aliphatic carboxylic acids is 1. The van der Waals surface area contributed by atoms with E-state index in [1.807, 2.05) is 6.92 Å². The van der Waals surface area contributed by atoms with Gasteiger partial charge in [0.25, 0.3) is 0 Å². The average molecular weight is 281 g/mol. The second kappa shape index (κ2) is 7.34. The molecule has 0 aliphatic rings. The molecule has 0 aromatic rings. The van der Waals surface area contributed by atoms with Gasteiger partial charge in [-0.05, 0) is 6.42 Å². The molecule has 1 N–H and O–H groups in total. The second-order valence-corrected chi connectivity index (χ2v) is 1.50. The number of unbranched alkanes of at least 4 members (excludes halogenated alkanes) is 1. The quantitative estimate of drug-likeness (QED) is 0.790. The molecule has 8 heavy (non-hydrogen) atoms. The molecule has 0 aliphatic carbocycles. The third-order valence-corrected chi connectivity index (χ3v) is 0.744. The Morgan fingerprint density at radius 1 is 1.62 bits per heavy atom. The topological polar surface area (TPSA) is 37.3 Å². The van der Waals surface area contributed by atoms with Crippen molar-refractivity contribution in [2.45, 2.75) is 26.2 Å². The summed E-state index contributed by atoms with van der Waals surface area (Å²) in [5.41, 5.74) is 0. The third kappa shape index (κ3) is 9.60. The maximum absolute atomic E-state index is 9.76. The minimum absolute atomic E-state index is 0. The van der Waals surface area contributed by atoms with E-state index < -0.39 is 5.97 Å². The van der Waals surface area contributed by atoms with Gasteiger partial charge in [-0.2, -0.15) is 0 Å². The van der Waals surface area contributed by atoms with Gasteiger partial charge in [-0.15, -0.1) is 0 Å². The van der Waals surface area contributed by atoms with Crippen LogP contribution in [-0.2, 0) is 30.6 Å². The van der Waals surface area contributed by atoms with Gasteiger partial charge in [0.1, 0.15) is 0 Å². The Balaban J connectivity index is 0. The van der Waals surface area contributed by atoms with Gasteiger partial charge in [0.15, 0.2) is 0 Å². The molecule has 0 aromatic heterocycles. The Kier molecular flexibility index (Phi) is 10.3. The van der Waals surface area contributed by atoms with Gasteiger partial charge in [-0.25, -0.2) is 0 Å². The molecular weight excluding hydrogens is 271 g/mol. The summed E-state index contributed by atoms with van der Waals surface area (Å²) in [5.74, 6) is -0.693. The van der Waals surface area contributed by atoms with E-state index in [0.29, 0.717) is 6.42 Å². The predicted molar refractivity (Wildman–Crippen MR) is 27.2 cm³/mol. The minimum Gasteiger partial charge on any atom is -0.481 e. The first kappa shape index (κ1) is 11.2. The van der Waals surface area contributed by atoms with Crippen LogP contribution in [0.25, 0.3) is 0 Å². The van der Waals surface area contributed by atoms with Crippen molar-refractivity contribution in [1.82, 2.24) is 0 Å². The second-order valence-electron chi connectivity index (χ2n) is 1.50. The van der Waals surface area contributed by atoms with Crippen LogP contribution in [0, 0.1) is 0 Å². The van der Waals surface area contributed by atoms with E-state index in [0.717, 1.165) is 12.8 Å². The van der Waals surface area contributed by atoms with Crippen molar-refractivity contribution in [2.75, 3.05) is 0 Å². The average Bonchev–Trinajstić information content (AvgIpc) is 1.61. The van der Waals surface area contributed by atoms with Crippen LogP contribution in [0.1, 0.15) is 26.2 Å². The number of carbonyl (C=O) groups is 1. The van der Waals surface area contributed by atoms with Gasteiger partial charge in [0, 0.05) is 32.3 Å². The van der Waals surface area contributed by atoms with Crippen LogP contribution in [0.5, 0.6) is 0 Å². The Bertz CT molecular complexity index is 63.4. The first-order valence-corrected chi connectivity index (χ1v) is 2.49. The predicted octanol–water partition coefficient (Wildman–Crippen LogP) is 1.26. The molecule has 46 valence electrons. The van der Waals surface area contributed by atoms with E-state index in [9.17, 15) is 4.79 Å². The largest absolute Gasteiger partial charge is 0.481 e. The zero-order valence-corrected chi connectivity index (χ0v) is 8.57. The molecule has 0 spiro atoms. The first-order valence-electron chi connectivity index (χ1n) is 2.49. The van der Waals surface area contributed by atoms with Gasteiger partial charge in [-0.1, -0.05) is 13.3 Å². The number of hydrogen-bond donors (Lipinski definition) is 1. The van der Waals surface area contributed by atoms with E-state index in [1.165, 1.54) is 0 Å². The normalized spacial score (nSPS) is 7.62. The number of carboxylic acids is 1. The number of carboxylic acid groups (broad SMARTS) is 1. The van der Waals surface area contributed by atoms with Crippen molar-refractivity contribution in [3.8, 4) is 0 Å². The summed E-state index contributed by atoms with van der Waals surface area (Å²) in [6.45, 7) is 1.98. The monoisotopic (exact) mass is 282 g/mol. The Morgan fingerprint density at radius 3 is 2.25 bits per heavy atom. The van der Waals surface area contributed by atoms with Gasteiger partial charge < -0.3 is 5.11 Å². The minimum atomic E-state index is -0.693. The number of hydrogen-bond acceptors (Lipinski definition) is 1. The Morgan fingerprint density at radius 2 is 2.12 bits per heavy atom. The molecule has 0 unspecified atom stereocenters. The van der Waals surface area contributed by atoms with E-state index in [4.69, 9.17) is 5.11 Å². The fourth-order valence-corrected chi connectivity index (χ4v) is 0.328. The molecule has 0 heterocycles. The molecule has 0 amide bonds. The summed E-state index contributed by atoms with van der Waals surface area (Å²) in [4.78, 5) is 9.76. The van der Waals surface area contributed by atoms with Crippen LogP contribution in [0.3, 0.4) is 0 Å². The Hall–Kier alpha value is 0.340. The first-order chi connectivity index (χ1) is 3.27. The number of rotatable bonds is 3. The van der Waals surface area contributed by atoms with Crippen molar-refractivity contribution in [2.24, 2.45) is 0 Å². The fraction of sp³-hybridized carbons (Fsp3) is 0.800. The SMILES string of the molecule is CCCCC(=O)O.[Hf]. The van der Waals surface area contributed by atoms with Crippen molar-refractivity contribution in [3.05, 3.63) is 0 Å². The van der Waals surface area contributed by atoms with Gasteiger partial charge >= 0.3 is 5.97 Å². The summed E-state index contributed by atoms with van der Waals surface area (Å²) in [7, 11) is 0. The molecule has 3 heteroatoms. The van der Waals surface area contributed by atoms with Crippen LogP contribution in [-0.4, -0.2) is 11.1 Å². The smallest absolute Gasteiger partial charge is 0.303 e. The van der Waals surface area contributed by atoms with Crippen LogP contribution < -0.4 is 0 Å². The molecule has 0 saturated carbocycles. The zero-order chi connectivity index (χ0) is 5.70. The maximum Gasteiger partial charge on any atom is 0.303 e. The third-order valence-electron chi connectivity index (χ3n) is 0.744. The van der Waals surface area contributed by atoms with Crippen LogP contribution >= 0.6 is 0 Å². The molecule has 2 nitrogen and oxygen atoms in total. The summed E-state index contributed by atoms with van der Waals surface area (Å²) in [5, 5.41) is 8.04. The van der Waals surface area contributed by atoms with Crippen LogP contribution in [0.2, 0.25) is 0 Å². The van der Waals surface area contributed by atoms with Crippen LogP contribution in [0.4, 0.5) is 0 Å². The summed E-state index contributed by atoms with van der Waals surface area (Å²) in [6, 6.07) is 0. The van der Waals surface area contributed by atoms with Gasteiger partial charge in [-0.3, -0.25) is 4.79 Å². The Labute approximate surface area is 68.1 Å². The summed E-state index contributed by atoms with van der Waals surface area (Å²) < 4.78 is 0. The zero-order valence-electron chi connectivity index (χ0n) is 4.98. The van der Waals surface area contributed by atoms with E-state index >= 15 is 0 Å². The van der Waals surface area contributed by atoms with Gasteiger partial charge in [0.05, 0.1) is 0 Å². The van der Waals surface area contributed by atoms with E-state index in [-0.39, 0.29) is 25.8 Å². The molecule has 0 bridgehead atoms. The molecule has 0 saturated heterocycles. The molecule has 0 rings (SSSR count). The standard InChI is InChI=1S/C5H10O2.Hf/c1-2-3-4-5(6)7;/h2-4H2,1H3,(H,6,7);. The van der Waals surface area contributed by atoms with Gasteiger partial charge in [0.2, 0.25) is 0 Å². The summed E-state index contributed by atoms with van der Waals surface area (Å²) >= 11 is 0. The molecular formula is C5H10HfO2. The van der Waals surface area contributed by atoms with Crippen LogP contribution in [0.15, 0.2) is 0 Å². The van der Waals surface area contributed by atoms with E-state index in [2.05, 4.69) is 0 Å². The van der Waals surface area contributed by atoms with Crippen molar-refractivity contribution >= 4 is 5.97 Å². The van der Waals surface area contributed by atoms with E-state index in [1.54, 1.807) is 0 Å².